The van der Waals surface area contributed by atoms with Crippen molar-refractivity contribution in [2.45, 2.75) is 44.5 Å². The van der Waals surface area contributed by atoms with Crippen LogP contribution in [0.3, 0.4) is 0 Å². The van der Waals surface area contributed by atoms with Crippen LogP contribution in [0.5, 0.6) is 0 Å². The molecule has 2 aliphatic rings. The largest absolute Gasteiger partial charge is 0.384 e. The molecule has 3 rings (SSSR count). The fourth-order valence-electron chi connectivity index (χ4n) is 3.40. The van der Waals surface area contributed by atoms with Gasteiger partial charge in [-0.15, -0.1) is 0 Å². The van der Waals surface area contributed by atoms with Crippen LogP contribution in [0, 0.1) is 6.92 Å². The number of aromatic nitrogens is 1. The van der Waals surface area contributed by atoms with E-state index >= 15 is 0 Å². The summed E-state index contributed by atoms with van der Waals surface area (Å²) in [6.07, 6.45) is 2.33. The Hall–Kier alpha value is -1.50. The Morgan fingerprint density at radius 3 is 3.04 bits per heavy atom. The lowest BCUT2D eigenvalue weighted by Crippen LogP contribution is -2.67. The predicted molar refractivity (Wildman–Crippen MR) is 88.5 cm³/mol. The van der Waals surface area contributed by atoms with Crippen LogP contribution in [0.4, 0.5) is 0 Å². The number of pyridine rings is 1. The van der Waals surface area contributed by atoms with E-state index in [9.17, 15) is 4.79 Å². The SMILES string of the molecule is COCCC(=O)N1CC2(CC(OCc3cccc(C)n3)CCO2)C1. The minimum atomic E-state index is -0.217. The van der Waals surface area contributed by atoms with Crippen LogP contribution in [0.25, 0.3) is 0 Å². The monoisotopic (exact) mass is 334 g/mol. The second-order valence-electron chi connectivity index (χ2n) is 6.72. The molecule has 0 N–H and O–H groups in total. The van der Waals surface area contributed by atoms with Gasteiger partial charge >= 0.3 is 0 Å². The molecule has 6 heteroatoms. The number of hydrogen-bond acceptors (Lipinski definition) is 5. The van der Waals surface area contributed by atoms with Gasteiger partial charge in [0, 0.05) is 25.8 Å². The van der Waals surface area contributed by atoms with Crippen LogP contribution in [0.1, 0.15) is 30.7 Å². The van der Waals surface area contributed by atoms with Gasteiger partial charge in [-0.05, 0) is 25.5 Å². The van der Waals surface area contributed by atoms with E-state index in [4.69, 9.17) is 14.2 Å². The molecule has 1 aromatic heterocycles. The maximum Gasteiger partial charge on any atom is 0.225 e. The lowest BCUT2D eigenvalue weighted by molar-refractivity contribution is -0.203. The van der Waals surface area contributed by atoms with E-state index in [1.807, 2.05) is 30.0 Å². The number of carbonyl (C=O) groups excluding carboxylic acids is 1. The number of rotatable bonds is 6. The first-order chi connectivity index (χ1) is 11.6. The van der Waals surface area contributed by atoms with Gasteiger partial charge < -0.3 is 19.1 Å². The van der Waals surface area contributed by atoms with Gasteiger partial charge in [-0.25, -0.2) is 0 Å². The van der Waals surface area contributed by atoms with Crippen LogP contribution in [0.2, 0.25) is 0 Å². The molecule has 0 saturated carbocycles. The van der Waals surface area contributed by atoms with Crippen molar-refractivity contribution in [2.75, 3.05) is 33.4 Å². The van der Waals surface area contributed by atoms with Crippen LogP contribution < -0.4 is 0 Å². The number of aryl methyl sites for hydroxylation is 1. The van der Waals surface area contributed by atoms with Crippen LogP contribution in [0.15, 0.2) is 18.2 Å². The smallest absolute Gasteiger partial charge is 0.225 e. The highest BCUT2D eigenvalue weighted by atomic mass is 16.5. The van der Waals surface area contributed by atoms with E-state index in [0.717, 1.165) is 24.2 Å². The molecule has 0 aliphatic carbocycles. The zero-order chi connectivity index (χ0) is 17.0. The van der Waals surface area contributed by atoms with Crippen molar-refractivity contribution in [3.8, 4) is 0 Å². The molecule has 1 atom stereocenters. The maximum absolute atomic E-state index is 12.0. The lowest BCUT2D eigenvalue weighted by Gasteiger charge is -2.53. The Labute approximate surface area is 143 Å². The summed E-state index contributed by atoms with van der Waals surface area (Å²) in [5, 5.41) is 0. The second kappa shape index (κ2) is 7.59. The predicted octanol–water partition coefficient (Wildman–Crippen LogP) is 1.70. The molecule has 3 heterocycles. The molecule has 0 aromatic carbocycles. The number of nitrogens with zero attached hydrogens (tertiary/aromatic N) is 2. The van der Waals surface area contributed by atoms with Gasteiger partial charge in [0.2, 0.25) is 5.91 Å². The van der Waals surface area contributed by atoms with Crippen molar-refractivity contribution >= 4 is 5.91 Å². The minimum Gasteiger partial charge on any atom is -0.384 e. The third kappa shape index (κ3) is 4.12. The molecular weight excluding hydrogens is 308 g/mol. The molecule has 2 aliphatic heterocycles. The van der Waals surface area contributed by atoms with Gasteiger partial charge in [0.1, 0.15) is 5.60 Å². The molecule has 1 amide bonds. The maximum atomic E-state index is 12.0. The summed E-state index contributed by atoms with van der Waals surface area (Å²) >= 11 is 0. The zero-order valence-corrected chi connectivity index (χ0v) is 14.5. The van der Waals surface area contributed by atoms with E-state index in [-0.39, 0.29) is 17.6 Å². The standard InChI is InChI=1S/C18H26N2O4/c1-14-4-3-5-15(19-14)11-23-16-6-9-24-18(10-16)12-20(13-18)17(21)7-8-22-2/h3-5,16H,6-13H2,1-2H3. The molecule has 2 fully saturated rings. The molecular formula is C18H26N2O4. The van der Waals surface area contributed by atoms with E-state index in [1.54, 1.807) is 7.11 Å². The molecule has 6 nitrogen and oxygen atoms in total. The average Bonchev–Trinajstić information content (AvgIpc) is 2.56. The average molecular weight is 334 g/mol. The third-order valence-corrected chi connectivity index (χ3v) is 4.69. The Bertz CT molecular complexity index is 572. The topological polar surface area (TPSA) is 60.9 Å². The molecule has 0 radical (unpaired) electrons. The lowest BCUT2D eigenvalue weighted by atomic mass is 9.84. The Kier molecular flexibility index (Phi) is 5.48. The molecule has 2 saturated heterocycles. The van der Waals surface area contributed by atoms with Crippen molar-refractivity contribution in [1.29, 1.82) is 0 Å². The Morgan fingerprint density at radius 1 is 1.46 bits per heavy atom. The number of ether oxygens (including phenoxy) is 3. The fraction of sp³-hybridized carbons (Fsp3) is 0.667. The quantitative estimate of drug-likeness (QED) is 0.792. The van der Waals surface area contributed by atoms with Crippen LogP contribution in [-0.4, -0.2) is 60.9 Å². The van der Waals surface area contributed by atoms with Crippen molar-refractivity contribution in [3.63, 3.8) is 0 Å². The molecule has 132 valence electrons. The van der Waals surface area contributed by atoms with Gasteiger partial charge in [0.25, 0.3) is 0 Å². The highest BCUT2D eigenvalue weighted by Crippen LogP contribution is 2.35. The summed E-state index contributed by atoms with van der Waals surface area (Å²) in [4.78, 5) is 18.3. The first-order valence-electron chi connectivity index (χ1n) is 8.55. The van der Waals surface area contributed by atoms with Crippen molar-refractivity contribution in [3.05, 3.63) is 29.6 Å². The Balaban J connectivity index is 1.46. The summed E-state index contributed by atoms with van der Waals surface area (Å²) in [6.45, 7) is 5.00. The van der Waals surface area contributed by atoms with Crippen molar-refractivity contribution in [2.24, 2.45) is 0 Å². The first-order valence-corrected chi connectivity index (χ1v) is 8.55. The van der Waals surface area contributed by atoms with Gasteiger partial charge in [-0.1, -0.05) is 6.07 Å². The molecule has 1 spiro atoms. The van der Waals surface area contributed by atoms with Crippen molar-refractivity contribution < 1.29 is 19.0 Å². The summed E-state index contributed by atoms with van der Waals surface area (Å²) in [5.74, 6) is 0.137. The van der Waals surface area contributed by atoms with Crippen LogP contribution >= 0.6 is 0 Å². The number of likely N-dealkylation sites (tertiary alicyclic amines) is 1. The zero-order valence-electron chi connectivity index (χ0n) is 14.5. The number of amides is 1. The summed E-state index contributed by atoms with van der Waals surface area (Å²) in [5.41, 5.74) is 1.75. The van der Waals surface area contributed by atoms with Gasteiger partial charge in [0.15, 0.2) is 0 Å². The highest BCUT2D eigenvalue weighted by Gasteiger charge is 2.49. The van der Waals surface area contributed by atoms with Crippen molar-refractivity contribution in [1.82, 2.24) is 9.88 Å². The summed E-state index contributed by atoms with van der Waals surface area (Å²) < 4.78 is 17.0. The highest BCUT2D eigenvalue weighted by molar-refractivity contribution is 5.77. The first kappa shape index (κ1) is 17.3. The van der Waals surface area contributed by atoms with Crippen LogP contribution in [-0.2, 0) is 25.6 Å². The fourth-order valence-corrected chi connectivity index (χ4v) is 3.40. The molecule has 24 heavy (non-hydrogen) atoms. The number of hydrogen-bond donors (Lipinski definition) is 0. The van der Waals surface area contributed by atoms with Gasteiger partial charge in [-0.2, -0.15) is 0 Å². The van der Waals surface area contributed by atoms with E-state index in [2.05, 4.69) is 4.98 Å². The molecule has 1 unspecified atom stereocenters. The van der Waals surface area contributed by atoms with Gasteiger partial charge in [-0.3, -0.25) is 9.78 Å². The van der Waals surface area contributed by atoms with E-state index in [0.29, 0.717) is 39.3 Å². The Morgan fingerprint density at radius 2 is 2.29 bits per heavy atom. The second-order valence-corrected chi connectivity index (χ2v) is 6.72. The third-order valence-electron chi connectivity index (χ3n) is 4.69. The molecule has 1 aromatic rings. The van der Waals surface area contributed by atoms with Gasteiger partial charge in [0.05, 0.1) is 44.5 Å². The molecule has 0 bridgehead atoms. The minimum absolute atomic E-state index is 0.137. The summed E-state index contributed by atoms with van der Waals surface area (Å²) in [7, 11) is 1.61. The number of carbonyl (C=O) groups is 1. The normalized spacial score (nSPS) is 22.4. The summed E-state index contributed by atoms with van der Waals surface area (Å²) in [6, 6.07) is 5.97. The van der Waals surface area contributed by atoms with E-state index < -0.39 is 0 Å². The van der Waals surface area contributed by atoms with E-state index in [1.165, 1.54) is 0 Å². The number of methoxy groups -OCH3 is 1.